The molecule has 4 atom stereocenters. The van der Waals surface area contributed by atoms with Gasteiger partial charge in [-0.2, -0.15) is 4.98 Å². The van der Waals surface area contributed by atoms with Gasteiger partial charge in [-0.15, -0.1) is 0 Å². The number of nitrogens with two attached hydrogens (primary N) is 2. The van der Waals surface area contributed by atoms with Crippen LogP contribution < -0.4 is 22.1 Å². The molecule has 2 aromatic carbocycles. The average Bonchev–Trinajstić information content (AvgIpc) is 3.88. The number of allylic oxidation sites excluding steroid dienone is 1. The third-order valence-electron chi connectivity index (χ3n) is 11.1. The van der Waals surface area contributed by atoms with Gasteiger partial charge in [0.1, 0.15) is 23.7 Å². The summed E-state index contributed by atoms with van der Waals surface area (Å²) in [5.74, 6) is -0.153. The Labute approximate surface area is 320 Å². The van der Waals surface area contributed by atoms with E-state index in [1.165, 1.54) is 17.7 Å². The number of carbonyl (C=O) groups excluding carboxylic acids is 2. The van der Waals surface area contributed by atoms with Crippen molar-refractivity contribution in [2.45, 2.75) is 110 Å². The summed E-state index contributed by atoms with van der Waals surface area (Å²) in [5.41, 5.74) is 17.3. The largest absolute Gasteiger partial charge is 0.508 e. The highest BCUT2D eigenvalue weighted by atomic mass is 19.1. The van der Waals surface area contributed by atoms with Crippen LogP contribution in [0.5, 0.6) is 5.75 Å². The van der Waals surface area contributed by atoms with Gasteiger partial charge in [0, 0.05) is 55.3 Å². The van der Waals surface area contributed by atoms with Gasteiger partial charge >= 0.3 is 0 Å². The van der Waals surface area contributed by atoms with Gasteiger partial charge in [0.2, 0.25) is 17.7 Å². The van der Waals surface area contributed by atoms with Crippen LogP contribution in [0.2, 0.25) is 0 Å². The first-order valence-corrected chi connectivity index (χ1v) is 19.0. The normalized spacial score (nSPS) is 17.6. The third-order valence-corrected chi connectivity index (χ3v) is 11.1. The molecule has 0 aliphatic heterocycles. The van der Waals surface area contributed by atoms with Gasteiger partial charge in [0.25, 0.3) is 0 Å². The maximum atomic E-state index is 14.5. The van der Waals surface area contributed by atoms with Crippen LogP contribution in [-0.2, 0) is 35.4 Å². The molecule has 2 amide bonds. The molecular weight excluding hydrogens is 702 g/mol. The van der Waals surface area contributed by atoms with E-state index in [1.54, 1.807) is 41.4 Å². The number of hydrogen-bond acceptors (Lipinski definition) is 9. The first-order valence-electron chi connectivity index (χ1n) is 19.0. The van der Waals surface area contributed by atoms with E-state index in [0.717, 1.165) is 59.9 Å². The molecule has 3 heterocycles. The van der Waals surface area contributed by atoms with Crippen molar-refractivity contribution in [3.05, 3.63) is 101 Å². The van der Waals surface area contributed by atoms with Gasteiger partial charge in [-0.3, -0.25) is 9.59 Å². The zero-order valence-electron chi connectivity index (χ0n) is 31.8. The van der Waals surface area contributed by atoms with Crippen LogP contribution in [0.15, 0.2) is 65.6 Å². The number of nitrogens with one attached hydrogen (secondary N) is 3. The van der Waals surface area contributed by atoms with E-state index in [4.69, 9.17) is 21.0 Å². The molecule has 0 radical (unpaired) electrons. The summed E-state index contributed by atoms with van der Waals surface area (Å²) < 4.78 is 22.1. The standard InChI is InChI=1S/C41H52FN9O4/c1-5-41(12-6-8-24(2)21-41)22-36-49-39(55-50-36)35(18-27-23-46-33-11-10-28(42)19-31(27)33)48-38(54)34(20-30-25(3)16-29(52)17-26(30)4)47-37(53)32(43)9-7-14-51-15-13-45-40(51)44/h10-11,13,15-17,19,23,32,34-35,46,52H,2,5-9,12,14,18,20-22,43H2,1,3-4H3,(H2,44,45)(H,47,53)(H,48,54)/t32-,34+,35+,41?/m1/s1. The minimum atomic E-state index is -1.06. The number of hydrogen-bond donors (Lipinski definition) is 6. The molecule has 8 N–H and O–H groups in total. The molecule has 0 spiro atoms. The maximum absolute atomic E-state index is 14.5. The summed E-state index contributed by atoms with van der Waals surface area (Å²) in [6.45, 7) is 10.6. The quantitative estimate of drug-likeness (QED) is 0.0674. The lowest BCUT2D eigenvalue weighted by molar-refractivity contribution is -0.130. The van der Waals surface area contributed by atoms with Crippen molar-refractivity contribution >= 4 is 28.7 Å². The average molecular weight is 754 g/mol. The number of halogens is 1. The number of phenolic OH excluding ortho intramolecular Hbond substituents is 1. The highest BCUT2D eigenvalue weighted by Crippen LogP contribution is 2.43. The number of carbonyl (C=O) groups is 2. The Morgan fingerprint density at radius 1 is 1.16 bits per heavy atom. The Balaban J connectivity index is 1.27. The lowest BCUT2D eigenvalue weighted by Crippen LogP contribution is -2.53. The molecule has 1 fully saturated rings. The van der Waals surface area contributed by atoms with E-state index >= 15 is 0 Å². The third kappa shape index (κ3) is 9.42. The molecule has 55 heavy (non-hydrogen) atoms. The second-order valence-corrected chi connectivity index (χ2v) is 15.2. The lowest BCUT2D eigenvalue weighted by atomic mass is 9.68. The highest BCUT2D eigenvalue weighted by Gasteiger charge is 2.35. The van der Waals surface area contributed by atoms with Crippen LogP contribution >= 0.6 is 0 Å². The molecule has 3 aromatic heterocycles. The number of phenols is 1. The van der Waals surface area contributed by atoms with E-state index in [0.29, 0.717) is 43.0 Å². The van der Waals surface area contributed by atoms with Gasteiger partial charge in [-0.05, 0) is 117 Å². The molecular formula is C41H52FN9O4. The molecule has 1 aliphatic carbocycles. The van der Waals surface area contributed by atoms with Gasteiger partial charge in [-0.1, -0.05) is 24.2 Å². The summed E-state index contributed by atoms with van der Waals surface area (Å²) in [6, 6.07) is 4.94. The number of rotatable bonds is 16. The number of nitrogens with zero attached hydrogens (tertiary/aromatic N) is 4. The number of aromatic hydroxyl groups is 1. The fourth-order valence-corrected chi connectivity index (χ4v) is 7.95. The maximum Gasteiger partial charge on any atom is 0.249 e. The number of benzene rings is 2. The van der Waals surface area contributed by atoms with Crippen molar-refractivity contribution in [2.24, 2.45) is 11.1 Å². The molecule has 1 saturated carbocycles. The molecule has 13 nitrogen and oxygen atoms in total. The summed E-state index contributed by atoms with van der Waals surface area (Å²) in [5, 5.41) is 21.3. The topological polar surface area (TPSA) is 203 Å². The zero-order valence-corrected chi connectivity index (χ0v) is 31.8. The monoisotopic (exact) mass is 753 g/mol. The first-order chi connectivity index (χ1) is 26.3. The molecule has 14 heteroatoms. The van der Waals surface area contributed by atoms with Gasteiger partial charge in [0.05, 0.1) is 6.04 Å². The predicted molar refractivity (Wildman–Crippen MR) is 208 cm³/mol. The van der Waals surface area contributed by atoms with Crippen molar-refractivity contribution in [1.82, 2.24) is 35.3 Å². The summed E-state index contributed by atoms with van der Waals surface area (Å²) in [4.78, 5) is 40.1. The van der Waals surface area contributed by atoms with Gasteiger partial charge < -0.3 is 41.3 Å². The van der Waals surface area contributed by atoms with Gasteiger partial charge in [0.15, 0.2) is 11.8 Å². The fraction of sp³-hybridized carbons (Fsp3) is 0.439. The second-order valence-electron chi connectivity index (χ2n) is 15.2. The van der Waals surface area contributed by atoms with E-state index in [9.17, 15) is 19.1 Å². The van der Waals surface area contributed by atoms with Crippen molar-refractivity contribution in [3.8, 4) is 5.75 Å². The molecule has 5 aromatic rings. The molecule has 1 aliphatic rings. The Morgan fingerprint density at radius 3 is 2.65 bits per heavy atom. The molecule has 292 valence electrons. The summed E-state index contributed by atoms with van der Waals surface area (Å²) in [6.07, 6.45) is 11.9. The van der Waals surface area contributed by atoms with Crippen LogP contribution in [0, 0.1) is 25.1 Å². The number of aryl methyl sites for hydroxylation is 3. The Morgan fingerprint density at radius 2 is 1.95 bits per heavy atom. The number of nitrogen functional groups attached to an aromatic ring is 1. The highest BCUT2D eigenvalue weighted by molar-refractivity contribution is 5.90. The predicted octanol–water partition coefficient (Wildman–Crippen LogP) is 5.80. The summed E-state index contributed by atoms with van der Waals surface area (Å²) >= 11 is 0. The fourth-order valence-electron chi connectivity index (χ4n) is 7.95. The number of anilines is 1. The van der Waals surface area contributed by atoms with Crippen LogP contribution in [0.4, 0.5) is 10.3 Å². The van der Waals surface area contributed by atoms with Crippen LogP contribution in [-0.4, -0.2) is 53.7 Å². The minimum absolute atomic E-state index is 0.0249. The van der Waals surface area contributed by atoms with E-state index < -0.39 is 29.9 Å². The van der Waals surface area contributed by atoms with Crippen molar-refractivity contribution < 1.29 is 23.6 Å². The zero-order chi connectivity index (χ0) is 39.3. The Hall–Kier alpha value is -5.50. The molecule has 6 rings (SSSR count). The van der Waals surface area contributed by atoms with Crippen molar-refractivity contribution in [3.63, 3.8) is 0 Å². The van der Waals surface area contributed by atoms with E-state index in [-0.39, 0.29) is 35.7 Å². The van der Waals surface area contributed by atoms with Crippen molar-refractivity contribution in [2.75, 3.05) is 5.73 Å². The number of amides is 2. The number of aromatic nitrogens is 5. The number of H-pyrrole nitrogens is 1. The molecule has 0 saturated heterocycles. The van der Waals surface area contributed by atoms with Crippen LogP contribution in [0.25, 0.3) is 10.9 Å². The molecule has 0 bridgehead atoms. The van der Waals surface area contributed by atoms with E-state index in [2.05, 4.69) is 39.3 Å². The smallest absolute Gasteiger partial charge is 0.249 e. The van der Waals surface area contributed by atoms with Crippen molar-refractivity contribution in [1.29, 1.82) is 0 Å². The lowest BCUT2D eigenvalue weighted by Gasteiger charge is -2.36. The SMILES string of the molecule is C=C1CCCC(CC)(Cc2noc([C@H](Cc3c[nH]c4ccc(F)cc34)NC(=O)[C@H](Cc3c(C)cc(O)cc3C)NC(=O)[C@H](N)CCCn3ccnc3N)n2)C1. The van der Waals surface area contributed by atoms with Gasteiger partial charge in [-0.25, -0.2) is 9.37 Å². The number of fused-ring (bicyclic) bond motifs is 1. The summed E-state index contributed by atoms with van der Waals surface area (Å²) in [7, 11) is 0. The Kier molecular flexibility index (Phi) is 12.0. The second kappa shape index (κ2) is 16.9. The van der Waals surface area contributed by atoms with Crippen LogP contribution in [0.3, 0.4) is 0 Å². The molecule has 1 unspecified atom stereocenters. The van der Waals surface area contributed by atoms with Crippen LogP contribution in [0.1, 0.15) is 91.9 Å². The Bertz CT molecular complexity index is 2130. The minimum Gasteiger partial charge on any atom is -0.508 e. The first kappa shape index (κ1) is 39.2. The number of imidazole rings is 1. The van der Waals surface area contributed by atoms with E-state index in [1.807, 2.05) is 13.8 Å². The number of aromatic amines is 1.